The van der Waals surface area contributed by atoms with Crippen LogP contribution in [-0.4, -0.2) is 24.5 Å². The molecule has 0 N–H and O–H groups in total. The molecule has 0 unspecified atom stereocenters. The Balaban J connectivity index is 1.72. The van der Waals surface area contributed by atoms with Crippen LogP contribution in [0.2, 0.25) is 0 Å². The fourth-order valence-electron chi connectivity index (χ4n) is 2.76. The van der Waals surface area contributed by atoms with Crippen LogP contribution in [0.4, 0.5) is 0 Å². The number of rotatable bonds is 6. The topological polar surface area (TPSA) is 3.24 Å². The minimum Gasteiger partial charge on any atom is -0.303 e. The maximum atomic E-state index is 2.64. The molecule has 0 amide bonds. The number of hydrogen-bond acceptors (Lipinski definition) is 1. The summed E-state index contributed by atoms with van der Waals surface area (Å²) in [6.07, 6.45) is 10.4. The highest BCUT2D eigenvalue weighted by atomic mass is 15.1. The van der Waals surface area contributed by atoms with Gasteiger partial charge in [-0.15, -0.1) is 0 Å². The molecule has 1 heteroatoms. The standard InChI is InChI=1S/C18H27N/c1-2-3-4-8-13-19-14-11-18(12-15-19)16-17-9-6-5-7-10-17/h5-7,9-10,16H,2-4,8,11-15H2,1H3. The Hall–Kier alpha value is -1.08. The van der Waals surface area contributed by atoms with Crippen LogP contribution in [0.15, 0.2) is 35.9 Å². The Morgan fingerprint density at radius 2 is 1.74 bits per heavy atom. The van der Waals surface area contributed by atoms with Gasteiger partial charge >= 0.3 is 0 Å². The van der Waals surface area contributed by atoms with Crippen LogP contribution < -0.4 is 0 Å². The van der Waals surface area contributed by atoms with Gasteiger partial charge in [0.2, 0.25) is 0 Å². The van der Waals surface area contributed by atoms with Crippen LogP contribution in [0.5, 0.6) is 0 Å². The van der Waals surface area contributed by atoms with Crippen LogP contribution in [0.3, 0.4) is 0 Å². The third kappa shape index (κ3) is 5.20. The fourth-order valence-corrected chi connectivity index (χ4v) is 2.76. The third-order valence-electron chi connectivity index (χ3n) is 4.00. The van der Waals surface area contributed by atoms with Gasteiger partial charge in [-0.1, -0.05) is 68.2 Å². The van der Waals surface area contributed by atoms with Crippen molar-refractivity contribution in [1.29, 1.82) is 0 Å². The molecule has 0 bridgehead atoms. The third-order valence-corrected chi connectivity index (χ3v) is 4.00. The number of piperidine rings is 1. The van der Waals surface area contributed by atoms with Crippen molar-refractivity contribution in [1.82, 2.24) is 4.90 Å². The van der Waals surface area contributed by atoms with Crippen molar-refractivity contribution in [3.05, 3.63) is 41.5 Å². The van der Waals surface area contributed by atoms with Gasteiger partial charge in [-0.3, -0.25) is 0 Å². The molecule has 19 heavy (non-hydrogen) atoms. The SMILES string of the molecule is CCCCCCN1CCC(=Cc2ccccc2)CC1. The molecule has 0 atom stereocenters. The lowest BCUT2D eigenvalue weighted by atomic mass is 10.0. The van der Waals surface area contributed by atoms with Crippen molar-refractivity contribution in [3.63, 3.8) is 0 Å². The highest BCUT2D eigenvalue weighted by Gasteiger charge is 2.12. The maximum absolute atomic E-state index is 2.64. The van der Waals surface area contributed by atoms with Gasteiger partial charge in [0.15, 0.2) is 0 Å². The predicted molar refractivity (Wildman–Crippen MR) is 84.2 cm³/mol. The summed E-state index contributed by atoms with van der Waals surface area (Å²) in [5.74, 6) is 0. The Morgan fingerprint density at radius 3 is 2.42 bits per heavy atom. The molecule has 2 rings (SSSR count). The molecule has 0 aliphatic carbocycles. The molecular weight excluding hydrogens is 230 g/mol. The quantitative estimate of drug-likeness (QED) is 0.665. The van der Waals surface area contributed by atoms with Gasteiger partial charge in [0.05, 0.1) is 0 Å². The van der Waals surface area contributed by atoms with E-state index in [1.165, 1.54) is 63.7 Å². The fraction of sp³-hybridized carbons (Fsp3) is 0.556. The zero-order valence-corrected chi connectivity index (χ0v) is 12.3. The predicted octanol–water partition coefficient (Wildman–Crippen LogP) is 4.75. The molecule has 0 radical (unpaired) electrons. The first kappa shape index (κ1) is 14.3. The smallest absolute Gasteiger partial charge is 0.00188 e. The number of likely N-dealkylation sites (tertiary alicyclic amines) is 1. The van der Waals surface area contributed by atoms with E-state index in [1.807, 2.05) is 0 Å². The first-order valence-corrected chi connectivity index (χ1v) is 7.85. The summed E-state index contributed by atoms with van der Waals surface area (Å²) in [5, 5.41) is 0. The minimum absolute atomic E-state index is 1.25. The second-order valence-electron chi connectivity index (χ2n) is 5.62. The molecule has 1 aromatic rings. The van der Waals surface area contributed by atoms with E-state index < -0.39 is 0 Å². The Kier molecular flexibility index (Phi) is 6.16. The van der Waals surface area contributed by atoms with E-state index in [0.29, 0.717) is 0 Å². The highest BCUT2D eigenvalue weighted by Crippen LogP contribution is 2.19. The molecule has 1 heterocycles. The summed E-state index contributed by atoms with van der Waals surface area (Å²) in [5.41, 5.74) is 2.98. The van der Waals surface area contributed by atoms with Crippen LogP contribution >= 0.6 is 0 Å². The van der Waals surface area contributed by atoms with E-state index in [2.05, 4.69) is 48.2 Å². The van der Waals surface area contributed by atoms with Crippen molar-refractivity contribution in [2.75, 3.05) is 19.6 Å². The van der Waals surface area contributed by atoms with Gasteiger partial charge in [-0.05, 0) is 31.4 Å². The van der Waals surface area contributed by atoms with E-state index in [9.17, 15) is 0 Å². The van der Waals surface area contributed by atoms with Crippen LogP contribution in [0, 0.1) is 0 Å². The van der Waals surface area contributed by atoms with E-state index >= 15 is 0 Å². The van der Waals surface area contributed by atoms with Crippen molar-refractivity contribution >= 4 is 6.08 Å². The summed E-state index contributed by atoms with van der Waals surface area (Å²) in [6, 6.07) is 10.7. The maximum Gasteiger partial charge on any atom is 0.00188 e. The van der Waals surface area contributed by atoms with Gasteiger partial charge < -0.3 is 4.90 Å². The lowest BCUT2D eigenvalue weighted by Gasteiger charge is -2.28. The Morgan fingerprint density at radius 1 is 1.00 bits per heavy atom. The molecular formula is C18H27N. The van der Waals surface area contributed by atoms with Gasteiger partial charge in [0, 0.05) is 13.1 Å². The van der Waals surface area contributed by atoms with Crippen LogP contribution in [-0.2, 0) is 0 Å². The Labute approximate surface area is 118 Å². The molecule has 0 spiro atoms. The van der Waals surface area contributed by atoms with Crippen molar-refractivity contribution < 1.29 is 0 Å². The van der Waals surface area contributed by atoms with E-state index in [0.717, 1.165) is 0 Å². The molecule has 104 valence electrons. The van der Waals surface area contributed by atoms with E-state index in [1.54, 1.807) is 5.57 Å². The zero-order chi connectivity index (χ0) is 13.3. The minimum atomic E-state index is 1.25. The highest BCUT2D eigenvalue weighted by molar-refractivity contribution is 5.52. The van der Waals surface area contributed by atoms with Crippen molar-refractivity contribution in [2.24, 2.45) is 0 Å². The number of hydrogen-bond donors (Lipinski definition) is 0. The lowest BCUT2D eigenvalue weighted by molar-refractivity contribution is 0.251. The van der Waals surface area contributed by atoms with Crippen LogP contribution in [0.25, 0.3) is 6.08 Å². The number of nitrogens with zero attached hydrogens (tertiary/aromatic N) is 1. The van der Waals surface area contributed by atoms with Crippen molar-refractivity contribution in [2.45, 2.75) is 45.4 Å². The van der Waals surface area contributed by atoms with Gasteiger partial charge in [-0.2, -0.15) is 0 Å². The first-order valence-electron chi connectivity index (χ1n) is 7.85. The molecule has 1 aliphatic rings. The summed E-state index contributed by atoms with van der Waals surface area (Å²) >= 11 is 0. The van der Waals surface area contributed by atoms with Crippen molar-refractivity contribution in [3.8, 4) is 0 Å². The molecule has 1 aliphatic heterocycles. The second kappa shape index (κ2) is 8.16. The van der Waals surface area contributed by atoms with E-state index in [4.69, 9.17) is 0 Å². The molecule has 1 saturated heterocycles. The summed E-state index contributed by atoms with van der Waals surface area (Å²) < 4.78 is 0. The summed E-state index contributed by atoms with van der Waals surface area (Å²) in [6.45, 7) is 6.09. The van der Waals surface area contributed by atoms with E-state index in [-0.39, 0.29) is 0 Å². The second-order valence-corrected chi connectivity index (χ2v) is 5.62. The largest absolute Gasteiger partial charge is 0.303 e. The van der Waals surface area contributed by atoms with Gasteiger partial charge in [0.1, 0.15) is 0 Å². The number of unbranched alkanes of at least 4 members (excludes halogenated alkanes) is 3. The van der Waals surface area contributed by atoms with Gasteiger partial charge in [-0.25, -0.2) is 0 Å². The van der Waals surface area contributed by atoms with Gasteiger partial charge in [0.25, 0.3) is 0 Å². The summed E-state index contributed by atoms with van der Waals surface area (Å²) in [7, 11) is 0. The zero-order valence-electron chi connectivity index (χ0n) is 12.3. The molecule has 0 saturated carbocycles. The first-order chi connectivity index (χ1) is 9.38. The average Bonchev–Trinajstić information content (AvgIpc) is 2.46. The monoisotopic (exact) mass is 257 g/mol. The summed E-state index contributed by atoms with van der Waals surface area (Å²) in [4.78, 5) is 2.64. The molecule has 1 nitrogen and oxygen atoms in total. The lowest BCUT2D eigenvalue weighted by Crippen LogP contribution is -2.31. The molecule has 0 aromatic heterocycles. The number of benzene rings is 1. The normalized spacial score (nSPS) is 16.6. The Bertz CT molecular complexity index is 370. The van der Waals surface area contributed by atoms with Crippen LogP contribution in [0.1, 0.15) is 51.0 Å². The molecule has 1 aromatic carbocycles. The average molecular weight is 257 g/mol. The molecule has 1 fully saturated rings.